The molecule has 0 aliphatic rings. The van der Waals surface area contributed by atoms with E-state index in [-0.39, 0.29) is 22.7 Å². The maximum Gasteiger partial charge on any atom is 0.151 e. The molecule has 1 rings (SSSR count). The molecule has 1 heterocycles. The van der Waals surface area contributed by atoms with E-state index in [1.54, 1.807) is 11.3 Å². The van der Waals surface area contributed by atoms with Crippen molar-refractivity contribution >= 4 is 57.6 Å². The average Bonchev–Trinajstić information content (AvgIpc) is 2.59. The zero-order valence-corrected chi connectivity index (χ0v) is 11.5. The Morgan fingerprint density at radius 1 is 1.06 bits per heavy atom. The van der Waals surface area contributed by atoms with Crippen molar-refractivity contribution in [1.29, 1.82) is 10.8 Å². The molecule has 0 aromatic carbocycles. The van der Waals surface area contributed by atoms with Gasteiger partial charge in [-0.05, 0) is 12.1 Å². The molecule has 4 nitrogen and oxygen atoms in total. The summed E-state index contributed by atoms with van der Waals surface area (Å²) < 4.78 is 0. The first-order valence-corrected chi connectivity index (χ1v) is 6.88. The summed E-state index contributed by atoms with van der Waals surface area (Å²) in [6, 6.07) is 4.05. The first kappa shape index (κ1) is 15.6. The van der Waals surface area contributed by atoms with Gasteiger partial charge in [-0.15, -0.1) is 11.3 Å². The van der Waals surface area contributed by atoms with E-state index in [1.165, 1.54) is 33.3 Å². The molecule has 0 saturated carbocycles. The normalized spacial score (nSPS) is 9.50. The average molecular weight is 296 g/mol. The van der Waals surface area contributed by atoms with Gasteiger partial charge >= 0.3 is 0 Å². The van der Waals surface area contributed by atoms with E-state index >= 15 is 0 Å². The van der Waals surface area contributed by atoms with E-state index in [0.29, 0.717) is 0 Å². The second-order valence-electron chi connectivity index (χ2n) is 2.67. The van der Waals surface area contributed by atoms with Crippen LogP contribution in [0, 0.1) is 10.8 Å². The van der Waals surface area contributed by atoms with E-state index in [2.05, 4.69) is 0 Å². The number of halogens is 1. The van der Waals surface area contributed by atoms with Crippen molar-refractivity contribution in [2.75, 3.05) is 0 Å². The minimum absolute atomic E-state index is 0. The van der Waals surface area contributed by atoms with Gasteiger partial charge in [0.1, 0.15) is 0 Å². The topological polar surface area (TPSA) is 99.7 Å². The van der Waals surface area contributed by atoms with Crippen LogP contribution in [-0.2, 0) is 11.5 Å². The SMILES string of the molecule is N=C(N)SCc1ccc(CSC(=N)N)s1.[Cl]. The summed E-state index contributed by atoms with van der Waals surface area (Å²) in [5.41, 5.74) is 10.5. The Morgan fingerprint density at radius 3 is 1.75 bits per heavy atom. The van der Waals surface area contributed by atoms with Crippen LogP contribution in [0.2, 0.25) is 0 Å². The van der Waals surface area contributed by atoms with Gasteiger partial charge in [-0.1, -0.05) is 23.5 Å². The Balaban J connectivity index is 0.00000225. The summed E-state index contributed by atoms with van der Waals surface area (Å²) in [5, 5.41) is 14.5. The number of nitrogens with one attached hydrogen (secondary N) is 2. The molecule has 0 atom stereocenters. The lowest BCUT2D eigenvalue weighted by molar-refractivity contribution is 1.49. The molecule has 8 heteroatoms. The molecule has 1 aromatic rings. The number of hydrogen-bond donors (Lipinski definition) is 4. The van der Waals surface area contributed by atoms with Crippen LogP contribution >= 0.6 is 47.3 Å². The summed E-state index contributed by atoms with van der Waals surface area (Å²) in [6.07, 6.45) is 0. The van der Waals surface area contributed by atoms with Gasteiger partial charge in [0.15, 0.2) is 10.3 Å². The fraction of sp³-hybridized carbons (Fsp3) is 0.250. The highest BCUT2D eigenvalue weighted by Crippen LogP contribution is 2.24. The fourth-order valence-electron chi connectivity index (χ4n) is 0.875. The quantitative estimate of drug-likeness (QED) is 0.507. The Kier molecular flexibility index (Phi) is 7.65. The van der Waals surface area contributed by atoms with Gasteiger partial charge in [-0.3, -0.25) is 10.8 Å². The van der Waals surface area contributed by atoms with Gasteiger partial charge < -0.3 is 11.5 Å². The van der Waals surface area contributed by atoms with Crippen LogP contribution in [0.5, 0.6) is 0 Å². The highest BCUT2D eigenvalue weighted by atomic mass is 35.5. The molecule has 1 aromatic heterocycles. The summed E-state index contributed by atoms with van der Waals surface area (Å²) in [7, 11) is 0. The van der Waals surface area contributed by atoms with E-state index in [9.17, 15) is 0 Å². The third-order valence-corrected chi connectivity index (χ3v) is 4.44. The van der Waals surface area contributed by atoms with Crippen LogP contribution in [0.3, 0.4) is 0 Å². The molecule has 0 spiro atoms. The highest BCUT2D eigenvalue weighted by Gasteiger charge is 2.02. The summed E-state index contributed by atoms with van der Waals surface area (Å²) in [6.45, 7) is 0. The molecule has 89 valence electrons. The first-order valence-electron chi connectivity index (χ1n) is 4.09. The third kappa shape index (κ3) is 6.26. The maximum atomic E-state index is 7.08. The van der Waals surface area contributed by atoms with Crippen LogP contribution in [0.1, 0.15) is 9.75 Å². The second kappa shape index (κ2) is 7.83. The molecular formula is C8H12ClN4S3. The molecule has 0 fully saturated rings. The molecule has 0 aliphatic carbocycles. The molecule has 0 bridgehead atoms. The van der Waals surface area contributed by atoms with Crippen molar-refractivity contribution in [1.82, 2.24) is 0 Å². The van der Waals surface area contributed by atoms with Crippen LogP contribution in [0.15, 0.2) is 12.1 Å². The van der Waals surface area contributed by atoms with Crippen molar-refractivity contribution in [2.45, 2.75) is 11.5 Å². The summed E-state index contributed by atoms with van der Waals surface area (Å²) >= 11 is 4.31. The number of thioether (sulfide) groups is 2. The summed E-state index contributed by atoms with van der Waals surface area (Å²) in [5.74, 6) is 1.48. The monoisotopic (exact) mass is 295 g/mol. The van der Waals surface area contributed by atoms with E-state index in [0.717, 1.165) is 11.5 Å². The second-order valence-corrected chi connectivity index (χ2v) is 5.96. The van der Waals surface area contributed by atoms with Crippen LogP contribution < -0.4 is 11.5 Å². The fourth-order valence-corrected chi connectivity index (χ4v) is 3.10. The van der Waals surface area contributed by atoms with E-state index in [4.69, 9.17) is 22.3 Å². The zero-order valence-electron chi connectivity index (χ0n) is 8.33. The van der Waals surface area contributed by atoms with Crippen LogP contribution in [0.25, 0.3) is 0 Å². The van der Waals surface area contributed by atoms with Crippen molar-refractivity contribution in [3.8, 4) is 0 Å². The van der Waals surface area contributed by atoms with Gasteiger partial charge in [0.2, 0.25) is 0 Å². The predicted octanol–water partition coefficient (Wildman–Crippen LogP) is 2.69. The van der Waals surface area contributed by atoms with E-state index < -0.39 is 0 Å². The van der Waals surface area contributed by atoms with Crippen LogP contribution in [-0.4, -0.2) is 10.3 Å². The number of thiophene rings is 1. The van der Waals surface area contributed by atoms with Gasteiger partial charge in [-0.2, -0.15) is 0 Å². The number of nitrogens with two attached hydrogens (primary N) is 2. The summed E-state index contributed by atoms with van der Waals surface area (Å²) in [4.78, 5) is 2.38. The molecule has 0 amide bonds. The number of rotatable bonds is 4. The molecule has 0 aliphatic heterocycles. The molecule has 0 saturated heterocycles. The van der Waals surface area contributed by atoms with Crippen molar-refractivity contribution < 1.29 is 0 Å². The van der Waals surface area contributed by atoms with Crippen LogP contribution in [0.4, 0.5) is 0 Å². The third-order valence-electron chi connectivity index (χ3n) is 1.46. The lowest BCUT2D eigenvalue weighted by Crippen LogP contribution is -2.03. The molecular weight excluding hydrogens is 284 g/mol. The predicted molar refractivity (Wildman–Crippen MR) is 76.6 cm³/mol. The highest BCUT2D eigenvalue weighted by molar-refractivity contribution is 8.13. The Labute approximate surface area is 113 Å². The minimum atomic E-state index is 0. The number of amidine groups is 2. The minimum Gasteiger partial charge on any atom is -0.379 e. The standard InChI is InChI=1S/C8H12N4S3.Cl/c9-7(10)13-3-5-1-2-6(15-5)4-14-8(11)12;/h1-2H,3-4H2,(H3,9,10)(H3,11,12);. The van der Waals surface area contributed by atoms with Crippen molar-refractivity contribution in [3.63, 3.8) is 0 Å². The lowest BCUT2D eigenvalue weighted by Gasteiger charge is -1.95. The first-order chi connectivity index (χ1) is 7.08. The Morgan fingerprint density at radius 2 is 1.44 bits per heavy atom. The molecule has 0 unspecified atom stereocenters. The van der Waals surface area contributed by atoms with Gasteiger partial charge in [-0.25, -0.2) is 0 Å². The molecule has 1 radical (unpaired) electrons. The Hall–Kier alpha value is -0.370. The van der Waals surface area contributed by atoms with Gasteiger partial charge in [0.25, 0.3) is 0 Å². The van der Waals surface area contributed by atoms with Crippen molar-refractivity contribution in [3.05, 3.63) is 21.9 Å². The Bertz CT molecular complexity index is 333. The molecule has 16 heavy (non-hydrogen) atoms. The molecule has 6 N–H and O–H groups in total. The van der Waals surface area contributed by atoms with Crippen molar-refractivity contribution in [2.24, 2.45) is 11.5 Å². The largest absolute Gasteiger partial charge is 0.379 e. The van der Waals surface area contributed by atoms with E-state index in [1.807, 2.05) is 12.1 Å². The maximum absolute atomic E-state index is 7.08. The van der Waals surface area contributed by atoms with Gasteiger partial charge in [0, 0.05) is 33.7 Å². The zero-order chi connectivity index (χ0) is 11.3. The number of hydrogen-bond acceptors (Lipinski definition) is 5. The van der Waals surface area contributed by atoms with Gasteiger partial charge in [0.05, 0.1) is 0 Å². The lowest BCUT2D eigenvalue weighted by atomic mass is 10.5. The smallest absolute Gasteiger partial charge is 0.151 e.